The fourth-order valence-corrected chi connectivity index (χ4v) is 2.46. The Morgan fingerprint density at radius 2 is 1.11 bits per heavy atom. The molecule has 0 saturated carbocycles. The number of rotatable bonds is 3. The van der Waals surface area contributed by atoms with Crippen LogP contribution in [-0.2, 0) is 4.57 Å². The summed E-state index contributed by atoms with van der Waals surface area (Å²) in [4.78, 5) is 18.8. The molecule has 0 unspecified atom stereocenters. The summed E-state index contributed by atoms with van der Waals surface area (Å²) in [6.07, 6.45) is 0. The average molecular weight is 286 g/mol. The van der Waals surface area contributed by atoms with Crippen LogP contribution in [0.5, 0.6) is 0 Å². The minimum absolute atomic E-state index is 0. The minimum Gasteiger partial charge on any atom is -0.308 e. The van der Waals surface area contributed by atoms with Gasteiger partial charge in [0.2, 0.25) is 0 Å². The summed E-state index contributed by atoms with van der Waals surface area (Å²) in [5, 5.41) is 0. The highest BCUT2D eigenvalue weighted by Crippen LogP contribution is 2.49. The molecule has 0 heterocycles. The van der Waals surface area contributed by atoms with E-state index < -0.39 is 7.75 Å². The summed E-state index contributed by atoms with van der Waals surface area (Å²) in [5.41, 5.74) is 0.930. The van der Waals surface area contributed by atoms with Crippen LogP contribution >= 0.6 is 20.2 Å². The van der Waals surface area contributed by atoms with Crippen molar-refractivity contribution < 1.29 is 14.4 Å². The maximum absolute atomic E-state index is 11.6. The highest BCUT2D eigenvalue weighted by atomic mass is 35.5. The van der Waals surface area contributed by atoms with Gasteiger partial charge in [-0.3, -0.25) is 0 Å². The smallest absolute Gasteiger partial charge is 0.308 e. The molecule has 0 atom stereocenters. The number of para-hydroxylation sites is 2. The number of anilines is 2. The van der Waals surface area contributed by atoms with Gasteiger partial charge in [0, 0.05) is 0 Å². The highest BCUT2D eigenvalue weighted by molar-refractivity contribution is 7.54. The monoisotopic (exact) mass is 285 g/mol. The molecule has 0 fully saturated rings. The van der Waals surface area contributed by atoms with Crippen LogP contribution < -0.4 is 4.67 Å². The molecule has 2 aromatic carbocycles. The molecule has 2 aromatic rings. The van der Waals surface area contributed by atoms with Crippen LogP contribution in [0.4, 0.5) is 11.4 Å². The van der Waals surface area contributed by atoms with Crippen molar-refractivity contribution in [1.82, 2.24) is 0 Å². The molecule has 0 saturated heterocycles. The molecule has 96 valence electrons. The second kappa shape index (κ2) is 6.03. The minimum atomic E-state index is -4.39. The zero-order valence-corrected chi connectivity index (χ0v) is 11.1. The van der Waals surface area contributed by atoms with E-state index in [2.05, 4.69) is 0 Å². The molecular weight excluding hydrogens is 273 g/mol. The largest absolute Gasteiger partial charge is 0.434 e. The highest BCUT2D eigenvalue weighted by Gasteiger charge is 2.27. The van der Waals surface area contributed by atoms with Crippen molar-refractivity contribution in [3.63, 3.8) is 0 Å². The van der Waals surface area contributed by atoms with Crippen molar-refractivity contribution in [2.45, 2.75) is 0 Å². The summed E-state index contributed by atoms with van der Waals surface area (Å²) in [6.45, 7) is 0. The standard InChI is InChI=1S/C12H12NO3P.ClH/c14-17(15,16)13(11-7-3-1-4-8-11)12-9-5-2-6-10-12;/h1-10H,(H2,14,15,16);1H. The van der Waals surface area contributed by atoms with Crippen molar-refractivity contribution in [3.8, 4) is 0 Å². The number of halogens is 1. The van der Waals surface area contributed by atoms with Gasteiger partial charge >= 0.3 is 7.75 Å². The second-order valence-corrected chi connectivity index (χ2v) is 4.92. The third kappa shape index (κ3) is 3.34. The van der Waals surface area contributed by atoms with Gasteiger partial charge in [-0.25, -0.2) is 9.24 Å². The van der Waals surface area contributed by atoms with Gasteiger partial charge in [-0.05, 0) is 24.3 Å². The molecule has 0 bridgehead atoms. The van der Waals surface area contributed by atoms with Crippen LogP contribution in [0.15, 0.2) is 60.7 Å². The molecule has 0 aliphatic heterocycles. The van der Waals surface area contributed by atoms with E-state index in [0.29, 0.717) is 11.4 Å². The first kappa shape index (κ1) is 14.7. The summed E-state index contributed by atoms with van der Waals surface area (Å²) < 4.78 is 12.6. The fraction of sp³-hybridized carbons (Fsp3) is 0. The van der Waals surface area contributed by atoms with Gasteiger partial charge in [0.25, 0.3) is 0 Å². The Hall–Kier alpha value is -1.32. The Morgan fingerprint density at radius 3 is 1.39 bits per heavy atom. The lowest BCUT2D eigenvalue weighted by Gasteiger charge is -2.25. The first-order valence-corrected chi connectivity index (χ1v) is 6.62. The quantitative estimate of drug-likeness (QED) is 0.849. The van der Waals surface area contributed by atoms with Gasteiger partial charge in [-0.15, -0.1) is 12.4 Å². The number of hydrogen-bond donors (Lipinski definition) is 2. The molecule has 4 nitrogen and oxygen atoms in total. The maximum Gasteiger partial charge on any atom is 0.434 e. The summed E-state index contributed by atoms with van der Waals surface area (Å²) >= 11 is 0. The maximum atomic E-state index is 11.6. The van der Waals surface area contributed by atoms with Crippen molar-refractivity contribution in [3.05, 3.63) is 60.7 Å². The predicted molar refractivity (Wildman–Crippen MR) is 74.3 cm³/mol. The van der Waals surface area contributed by atoms with Crippen LogP contribution in [0.1, 0.15) is 0 Å². The van der Waals surface area contributed by atoms with Crippen molar-refractivity contribution in [1.29, 1.82) is 0 Å². The van der Waals surface area contributed by atoms with Gasteiger partial charge < -0.3 is 9.79 Å². The first-order valence-electron chi connectivity index (χ1n) is 5.05. The molecule has 2 N–H and O–H groups in total. The summed E-state index contributed by atoms with van der Waals surface area (Å²) in [7, 11) is -4.39. The Morgan fingerprint density at radius 1 is 0.778 bits per heavy atom. The van der Waals surface area contributed by atoms with Gasteiger partial charge in [-0.1, -0.05) is 36.4 Å². The van der Waals surface area contributed by atoms with Crippen molar-refractivity contribution in [2.24, 2.45) is 0 Å². The Balaban J connectivity index is 0.00000162. The van der Waals surface area contributed by atoms with E-state index in [1.165, 1.54) is 0 Å². The van der Waals surface area contributed by atoms with Crippen LogP contribution in [0, 0.1) is 0 Å². The molecule has 0 amide bonds. The molecule has 0 radical (unpaired) electrons. The lowest BCUT2D eigenvalue weighted by Crippen LogP contribution is -2.12. The molecule has 0 aliphatic carbocycles. The van der Waals surface area contributed by atoms with Crippen LogP contribution in [0.2, 0.25) is 0 Å². The van der Waals surface area contributed by atoms with Crippen LogP contribution in [-0.4, -0.2) is 9.79 Å². The fourth-order valence-electron chi connectivity index (χ4n) is 1.59. The Kier molecular flexibility index (Phi) is 4.93. The lowest BCUT2D eigenvalue weighted by molar-refractivity contribution is 0.373. The van der Waals surface area contributed by atoms with E-state index in [1.54, 1.807) is 60.7 Å². The first-order chi connectivity index (χ1) is 8.09. The van der Waals surface area contributed by atoms with Gasteiger partial charge in [0.05, 0.1) is 11.4 Å². The van der Waals surface area contributed by atoms with Gasteiger partial charge in [0.15, 0.2) is 0 Å². The zero-order valence-electron chi connectivity index (χ0n) is 9.38. The molecule has 2 rings (SSSR count). The van der Waals surface area contributed by atoms with E-state index in [1.807, 2.05) is 0 Å². The Labute approximate surface area is 112 Å². The summed E-state index contributed by atoms with van der Waals surface area (Å²) in [5.74, 6) is 0. The van der Waals surface area contributed by atoms with E-state index >= 15 is 0 Å². The molecule has 18 heavy (non-hydrogen) atoms. The van der Waals surface area contributed by atoms with Gasteiger partial charge in [0.1, 0.15) is 0 Å². The number of benzene rings is 2. The zero-order chi connectivity index (χ0) is 12.3. The third-order valence-electron chi connectivity index (χ3n) is 2.26. The summed E-state index contributed by atoms with van der Waals surface area (Å²) in [6, 6.07) is 17.2. The average Bonchev–Trinajstić information content (AvgIpc) is 2.30. The topological polar surface area (TPSA) is 60.8 Å². The SMILES string of the molecule is Cl.O=P(O)(O)N(c1ccccc1)c1ccccc1. The molecule has 0 spiro atoms. The van der Waals surface area contributed by atoms with E-state index in [9.17, 15) is 14.4 Å². The van der Waals surface area contributed by atoms with Crippen LogP contribution in [0.3, 0.4) is 0 Å². The third-order valence-corrected chi connectivity index (χ3v) is 3.25. The predicted octanol–water partition coefficient (Wildman–Crippen LogP) is 3.34. The molecule has 6 heteroatoms. The van der Waals surface area contributed by atoms with E-state index in [0.717, 1.165) is 4.67 Å². The van der Waals surface area contributed by atoms with Crippen molar-refractivity contribution >= 4 is 31.5 Å². The van der Waals surface area contributed by atoms with Crippen LogP contribution in [0.25, 0.3) is 0 Å². The van der Waals surface area contributed by atoms with E-state index in [-0.39, 0.29) is 12.4 Å². The lowest BCUT2D eigenvalue weighted by atomic mass is 10.3. The Bertz CT molecular complexity index is 490. The molecular formula is C12H13ClNO3P. The molecule has 0 aromatic heterocycles. The second-order valence-electron chi connectivity index (χ2n) is 3.50. The van der Waals surface area contributed by atoms with Gasteiger partial charge in [-0.2, -0.15) is 0 Å². The normalized spacial score (nSPS) is 10.6. The number of hydrogen-bond acceptors (Lipinski definition) is 1. The number of nitrogens with zero attached hydrogens (tertiary/aromatic N) is 1. The molecule has 0 aliphatic rings. The van der Waals surface area contributed by atoms with E-state index in [4.69, 9.17) is 0 Å². The van der Waals surface area contributed by atoms with Crippen molar-refractivity contribution in [2.75, 3.05) is 4.67 Å².